The lowest BCUT2D eigenvalue weighted by molar-refractivity contribution is -0.125. The van der Waals surface area contributed by atoms with Crippen molar-refractivity contribution in [2.45, 2.75) is 57.4 Å². The SMILES string of the molecule is C=Cc1c(N)nc(Nc2ccc(N3CCCCC3)cc2)nc1NC1C2CCCC(CC2)C1C(N)=O. The number of primary amides is 1. The van der Waals surface area contributed by atoms with Crippen LogP contribution in [0.2, 0.25) is 0 Å². The highest BCUT2D eigenvalue weighted by Crippen LogP contribution is 2.44. The van der Waals surface area contributed by atoms with Gasteiger partial charge in [0.15, 0.2) is 0 Å². The van der Waals surface area contributed by atoms with Crippen LogP contribution in [0.3, 0.4) is 0 Å². The van der Waals surface area contributed by atoms with Gasteiger partial charge in [-0.25, -0.2) is 0 Å². The fraction of sp³-hybridized carbons (Fsp3) is 0.519. The monoisotopic (exact) mass is 475 g/mol. The molecule has 3 saturated carbocycles. The van der Waals surface area contributed by atoms with Gasteiger partial charge in [-0.3, -0.25) is 4.79 Å². The van der Waals surface area contributed by atoms with Gasteiger partial charge in [-0.15, -0.1) is 0 Å². The summed E-state index contributed by atoms with van der Waals surface area (Å²) in [6, 6.07) is 8.30. The molecule has 35 heavy (non-hydrogen) atoms. The van der Waals surface area contributed by atoms with Gasteiger partial charge in [-0.1, -0.05) is 19.1 Å². The van der Waals surface area contributed by atoms with Gasteiger partial charge in [0.25, 0.3) is 0 Å². The van der Waals surface area contributed by atoms with Gasteiger partial charge in [0.05, 0.1) is 11.5 Å². The molecular formula is C27H37N7O. The van der Waals surface area contributed by atoms with Crippen molar-refractivity contribution in [1.29, 1.82) is 0 Å². The van der Waals surface area contributed by atoms with E-state index in [1.54, 1.807) is 6.08 Å². The van der Waals surface area contributed by atoms with E-state index in [1.807, 2.05) is 12.1 Å². The maximum Gasteiger partial charge on any atom is 0.231 e. The summed E-state index contributed by atoms with van der Waals surface area (Å²) in [5, 5.41) is 6.87. The number of fused-ring (bicyclic) bond motifs is 4. The molecule has 8 heteroatoms. The summed E-state index contributed by atoms with van der Waals surface area (Å²) in [7, 11) is 0. The molecule has 4 atom stereocenters. The number of amides is 1. The van der Waals surface area contributed by atoms with Crippen LogP contribution in [0.1, 0.15) is 56.9 Å². The highest BCUT2D eigenvalue weighted by molar-refractivity contribution is 5.79. The average molecular weight is 476 g/mol. The Hall–Kier alpha value is -3.29. The number of hydrogen-bond acceptors (Lipinski definition) is 7. The molecule has 1 aromatic carbocycles. The van der Waals surface area contributed by atoms with Crippen molar-refractivity contribution in [3.63, 3.8) is 0 Å². The number of nitrogens with one attached hydrogen (secondary N) is 2. The van der Waals surface area contributed by atoms with Crippen LogP contribution in [-0.2, 0) is 4.79 Å². The average Bonchev–Trinajstić information content (AvgIpc) is 3.19. The molecular weight excluding hydrogens is 438 g/mol. The number of hydrogen-bond donors (Lipinski definition) is 4. The van der Waals surface area contributed by atoms with E-state index in [0.717, 1.165) is 50.9 Å². The van der Waals surface area contributed by atoms with Gasteiger partial charge in [-0.2, -0.15) is 9.97 Å². The van der Waals surface area contributed by atoms with Crippen molar-refractivity contribution in [2.75, 3.05) is 34.4 Å². The smallest absolute Gasteiger partial charge is 0.231 e. The first-order valence-electron chi connectivity index (χ1n) is 13.0. The van der Waals surface area contributed by atoms with Crippen LogP contribution in [0.5, 0.6) is 0 Å². The molecule has 1 aliphatic heterocycles. The summed E-state index contributed by atoms with van der Waals surface area (Å²) < 4.78 is 0. The third-order valence-electron chi connectivity index (χ3n) is 8.12. The molecule has 3 aliphatic carbocycles. The minimum atomic E-state index is -0.228. The first-order chi connectivity index (χ1) is 17.0. The maximum absolute atomic E-state index is 12.5. The lowest BCUT2D eigenvalue weighted by Crippen LogP contribution is -2.48. The molecule has 4 unspecified atom stereocenters. The molecule has 8 nitrogen and oxygen atoms in total. The van der Waals surface area contributed by atoms with Gasteiger partial charge in [0.1, 0.15) is 11.6 Å². The topological polar surface area (TPSA) is 122 Å². The van der Waals surface area contributed by atoms with Crippen LogP contribution in [0, 0.1) is 17.8 Å². The fourth-order valence-electron chi connectivity index (χ4n) is 6.33. The highest BCUT2D eigenvalue weighted by atomic mass is 16.1. The Balaban J connectivity index is 1.38. The van der Waals surface area contributed by atoms with Crippen LogP contribution in [0.4, 0.5) is 29.0 Å². The second-order valence-electron chi connectivity index (χ2n) is 10.2. The number of carbonyl (C=O) groups excluding carboxylic acids is 1. The summed E-state index contributed by atoms with van der Waals surface area (Å²) in [6.07, 6.45) is 10.9. The molecule has 4 aliphatic rings. The largest absolute Gasteiger partial charge is 0.383 e. The van der Waals surface area contributed by atoms with Crippen molar-refractivity contribution in [3.05, 3.63) is 36.4 Å². The van der Waals surface area contributed by atoms with Gasteiger partial charge in [0, 0.05) is 30.5 Å². The maximum atomic E-state index is 12.5. The van der Waals surface area contributed by atoms with Crippen molar-refractivity contribution >= 4 is 40.9 Å². The highest BCUT2D eigenvalue weighted by Gasteiger charge is 2.44. The van der Waals surface area contributed by atoms with E-state index in [4.69, 9.17) is 16.5 Å². The van der Waals surface area contributed by atoms with E-state index in [1.165, 1.54) is 24.9 Å². The molecule has 0 radical (unpaired) electrons. The first kappa shape index (κ1) is 23.5. The summed E-state index contributed by atoms with van der Waals surface area (Å²) in [5.74, 6) is 1.64. The number of carbonyl (C=O) groups is 1. The first-order valence-corrected chi connectivity index (χ1v) is 13.0. The Morgan fingerprint density at radius 3 is 2.43 bits per heavy atom. The van der Waals surface area contributed by atoms with Crippen LogP contribution in [-0.4, -0.2) is 35.0 Å². The molecule has 186 valence electrons. The normalized spacial score (nSPS) is 26.1. The molecule has 0 spiro atoms. The Bertz CT molecular complexity index is 1060. The fourth-order valence-corrected chi connectivity index (χ4v) is 6.33. The molecule has 2 heterocycles. The molecule has 2 bridgehead atoms. The van der Waals surface area contributed by atoms with Gasteiger partial charge < -0.3 is 27.0 Å². The molecule has 4 fully saturated rings. The van der Waals surface area contributed by atoms with Crippen molar-refractivity contribution < 1.29 is 4.79 Å². The Morgan fingerprint density at radius 1 is 1.00 bits per heavy atom. The zero-order valence-electron chi connectivity index (χ0n) is 20.4. The van der Waals surface area contributed by atoms with E-state index >= 15 is 0 Å². The Kier molecular flexibility index (Phi) is 6.79. The van der Waals surface area contributed by atoms with Crippen molar-refractivity contribution in [1.82, 2.24) is 9.97 Å². The van der Waals surface area contributed by atoms with Gasteiger partial charge >= 0.3 is 0 Å². The number of benzene rings is 1. The van der Waals surface area contributed by atoms with Gasteiger partial charge in [-0.05, 0) is 81.0 Å². The van der Waals surface area contributed by atoms with Gasteiger partial charge in [0.2, 0.25) is 11.9 Å². The third-order valence-corrected chi connectivity index (χ3v) is 8.12. The standard InChI is InChI=1S/C27H37N7O/c1-2-21-24(28)32-27(30-19-11-13-20(14-12-19)34-15-4-3-5-16-34)33-26(21)31-23-18-8-6-7-17(9-10-18)22(23)25(29)35/h2,11-14,17-18,22-23H,1,3-10,15-16H2,(H2,29,35)(H4,28,30,31,32,33). The van der Waals surface area contributed by atoms with E-state index in [0.29, 0.717) is 35.0 Å². The predicted octanol–water partition coefficient (Wildman–Crippen LogP) is 4.53. The minimum absolute atomic E-state index is 0.0570. The number of nitrogens with zero attached hydrogens (tertiary/aromatic N) is 3. The Labute approximate surface area is 207 Å². The molecule has 1 saturated heterocycles. The molecule has 2 aromatic rings. The van der Waals surface area contributed by atoms with E-state index in [2.05, 4.69) is 39.2 Å². The summed E-state index contributed by atoms with van der Waals surface area (Å²) >= 11 is 0. The Morgan fingerprint density at radius 2 is 1.71 bits per heavy atom. The number of aromatic nitrogens is 2. The van der Waals surface area contributed by atoms with Crippen LogP contribution in [0.25, 0.3) is 6.08 Å². The zero-order chi connectivity index (χ0) is 24.4. The van der Waals surface area contributed by atoms with Crippen molar-refractivity contribution in [3.8, 4) is 0 Å². The third kappa shape index (κ3) is 4.92. The second-order valence-corrected chi connectivity index (χ2v) is 10.2. The number of nitrogens with two attached hydrogens (primary N) is 2. The predicted molar refractivity (Wildman–Crippen MR) is 142 cm³/mol. The number of nitrogen functional groups attached to an aromatic ring is 1. The summed E-state index contributed by atoms with van der Waals surface area (Å²) in [4.78, 5) is 24.1. The van der Waals surface area contributed by atoms with E-state index < -0.39 is 0 Å². The van der Waals surface area contributed by atoms with Crippen molar-refractivity contribution in [2.24, 2.45) is 23.5 Å². The molecule has 6 rings (SSSR count). The lowest BCUT2D eigenvalue weighted by atomic mass is 9.71. The molecule has 6 N–H and O–H groups in total. The van der Waals surface area contributed by atoms with Crippen LogP contribution >= 0.6 is 0 Å². The lowest BCUT2D eigenvalue weighted by Gasteiger charge is -2.39. The zero-order valence-corrected chi connectivity index (χ0v) is 20.4. The summed E-state index contributed by atoms with van der Waals surface area (Å²) in [5.41, 5.74) is 15.0. The van der Waals surface area contributed by atoms with E-state index in [-0.39, 0.29) is 17.9 Å². The van der Waals surface area contributed by atoms with E-state index in [9.17, 15) is 4.79 Å². The number of rotatable bonds is 7. The quantitative estimate of drug-likeness (QED) is 0.464. The summed E-state index contributed by atoms with van der Waals surface area (Å²) in [6.45, 7) is 6.14. The van der Waals surface area contributed by atoms with Crippen LogP contribution in [0.15, 0.2) is 30.8 Å². The molecule has 1 amide bonds. The van der Waals surface area contributed by atoms with Crippen LogP contribution < -0.4 is 27.0 Å². The molecule has 1 aromatic heterocycles. The second kappa shape index (κ2) is 10.1. The number of anilines is 5. The number of piperidine rings is 1. The minimum Gasteiger partial charge on any atom is -0.383 e.